The number of rotatable bonds is 3. The highest BCUT2D eigenvalue weighted by atomic mass is 32.1. The van der Waals surface area contributed by atoms with Crippen LogP contribution in [0.3, 0.4) is 0 Å². The van der Waals surface area contributed by atoms with Crippen LogP contribution in [0.15, 0.2) is 18.2 Å². The Morgan fingerprint density at radius 2 is 1.88 bits per heavy atom. The molecule has 0 bridgehead atoms. The lowest BCUT2D eigenvalue weighted by Crippen LogP contribution is -2.46. The fourth-order valence-electron chi connectivity index (χ4n) is 1.33. The highest BCUT2D eigenvalue weighted by Gasteiger charge is 2.03. The Labute approximate surface area is 105 Å². The van der Waals surface area contributed by atoms with Crippen LogP contribution < -0.4 is 21.3 Å². The van der Waals surface area contributed by atoms with Crippen LogP contribution in [0.2, 0.25) is 0 Å². The Morgan fingerprint density at radius 1 is 1.29 bits per heavy atom. The summed E-state index contributed by atoms with van der Waals surface area (Å²) in [6.45, 7) is 3.83. The molecule has 0 aliphatic heterocycles. The van der Waals surface area contributed by atoms with Crippen LogP contribution in [0.25, 0.3) is 0 Å². The summed E-state index contributed by atoms with van der Waals surface area (Å²) in [6, 6.07) is 5.75. The van der Waals surface area contributed by atoms with Gasteiger partial charge in [-0.1, -0.05) is 6.07 Å². The molecule has 0 aromatic heterocycles. The minimum atomic E-state index is -0.350. The lowest BCUT2D eigenvalue weighted by Gasteiger charge is -2.09. The van der Waals surface area contributed by atoms with Gasteiger partial charge in [0.25, 0.3) is 5.91 Å². The molecule has 4 N–H and O–H groups in total. The monoisotopic (exact) mass is 253 g/mol. The normalized spacial score (nSPS) is 9.53. The summed E-state index contributed by atoms with van der Waals surface area (Å²) in [7, 11) is 0. The molecule has 1 aromatic rings. The molecule has 0 unspecified atom stereocenters. The minimum Gasteiger partial charge on any atom is -0.484 e. The number of nitrogens with two attached hydrogens (primary N) is 1. The zero-order valence-corrected chi connectivity index (χ0v) is 10.6. The zero-order valence-electron chi connectivity index (χ0n) is 9.74. The number of hydrazine groups is 1. The number of hydrogen-bond acceptors (Lipinski definition) is 3. The summed E-state index contributed by atoms with van der Waals surface area (Å²) in [5.74, 6) is 0.310. The first-order valence-electron chi connectivity index (χ1n) is 5.03. The maximum absolute atomic E-state index is 11.3. The molecular formula is C11H15N3O2S. The first-order chi connectivity index (χ1) is 7.97. The van der Waals surface area contributed by atoms with Gasteiger partial charge in [-0.2, -0.15) is 0 Å². The third-order valence-corrected chi connectivity index (χ3v) is 1.99. The molecule has 0 fully saturated rings. The summed E-state index contributed by atoms with van der Waals surface area (Å²) >= 11 is 4.54. The van der Waals surface area contributed by atoms with Crippen LogP contribution in [0, 0.1) is 13.8 Å². The number of ether oxygens (including phenoxy) is 1. The number of benzene rings is 1. The summed E-state index contributed by atoms with van der Waals surface area (Å²) in [5, 5.41) is 0.00440. The van der Waals surface area contributed by atoms with Gasteiger partial charge in [0.05, 0.1) is 0 Å². The number of carbonyl (C=O) groups excluding carboxylic acids is 1. The van der Waals surface area contributed by atoms with E-state index in [1.807, 2.05) is 32.0 Å². The molecule has 0 aliphatic rings. The Bertz CT molecular complexity index is 414. The zero-order chi connectivity index (χ0) is 12.8. The molecule has 0 saturated heterocycles. The largest absolute Gasteiger partial charge is 0.484 e. The highest BCUT2D eigenvalue weighted by Crippen LogP contribution is 2.15. The average molecular weight is 253 g/mol. The molecule has 1 rings (SSSR count). The molecule has 1 amide bonds. The van der Waals surface area contributed by atoms with Crippen molar-refractivity contribution in [3.05, 3.63) is 29.3 Å². The smallest absolute Gasteiger partial charge is 0.276 e. The Morgan fingerprint density at radius 3 is 2.41 bits per heavy atom. The van der Waals surface area contributed by atoms with E-state index in [1.165, 1.54) is 0 Å². The summed E-state index contributed by atoms with van der Waals surface area (Å²) in [4.78, 5) is 11.3. The van der Waals surface area contributed by atoms with Crippen LogP contribution in [-0.2, 0) is 4.79 Å². The second-order valence-electron chi connectivity index (χ2n) is 3.65. The molecule has 0 aliphatic carbocycles. The molecule has 0 heterocycles. The SMILES string of the molecule is Cc1cc(C)cc(OCC(=O)NNC(N)=S)c1. The van der Waals surface area contributed by atoms with Crippen LogP contribution in [0.1, 0.15) is 11.1 Å². The Kier molecular flexibility index (Phi) is 4.71. The van der Waals surface area contributed by atoms with E-state index in [0.717, 1.165) is 11.1 Å². The molecule has 0 atom stereocenters. The minimum absolute atomic E-state index is 0.00440. The fraction of sp³-hybridized carbons (Fsp3) is 0.273. The van der Waals surface area contributed by atoms with E-state index in [4.69, 9.17) is 10.5 Å². The van der Waals surface area contributed by atoms with Gasteiger partial charge in [0.1, 0.15) is 5.75 Å². The molecule has 0 saturated carbocycles. The average Bonchev–Trinajstić information content (AvgIpc) is 2.22. The first-order valence-corrected chi connectivity index (χ1v) is 5.43. The quantitative estimate of drug-likeness (QED) is 0.541. The van der Waals surface area contributed by atoms with Crippen LogP contribution >= 0.6 is 12.2 Å². The molecule has 0 spiro atoms. The Balaban J connectivity index is 2.44. The number of aryl methyl sites for hydroxylation is 2. The predicted molar refractivity (Wildman–Crippen MR) is 69.5 cm³/mol. The molecule has 6 heteroatoms. The lowest BCUT2D eigenvalue weighted by atomic mass is 10.1. The van der Waals surface area contributed by atoms with Gasteiger partial charge in [0.2, 0.25) is 0 Å². The van der Waals surface area contributed by atoms with Gasteiger partial charge in [-0.05, 0) is 49.3 Å². The van der Waals surface area contributed by atoms with Crippen molar-refractivity contribution in [1.82, 2.24) is 10.9 Å². The summed E-state index contributed by atoms with van der Waals surface area (Å²) in [5.41, 5.74) is 12.0. The number of amides is 1. The molecule has 1 aromatic carbocycles. The van der Waals surface area contributed by atoms with E-state index in [2.05, 4.69) is 23.1 Å². The van der Waals surface area contributed by atoms with Crippen molar-refractivity contribution < 1.29 is 9.53 Å². The van der Waals surface area contributed by atoms with Gasteiger partial charge in [-0.25, -0.2) is 0 Å². The molecule has 5 nitrogen and oxygen atoms in total. The molecule has 92 valence electrons. The van der Waals surface area contributed by atoms with Gasteiger partial charge >= 0.3 is 0 Å². The first kappa shape index (κ1) is 13.2. The number of nitrogens with one attached hydrogen (secondary N) is 2. The van der Waals surface area contributed by atoms with E-state index < -0.39 is 0 Å². The van der Waals surface area contributed by atoms with E-state index in [1.54, 1.807) is 0 Å². The topological polar surface area (TPSA) is 76.4 Å². The summed E-state index contributed by atoms with van der Waals surface area (Å²) in [6.07, 6.45) is 0. The van der Waals surface area contributed by atoms with Crippen LogP contribution in [0.5, 0.6) is 5.75 Å². The third kappa shape index (κ3) is 5.17. The maximum atomic E-state index is 11.3. The second-order valence-corrected chi connectivity index (χ2v) is 4.09. The number of hydrogen-bond donors (Lipinski definition) is 3. The third-order valence-electron chi connectivity index (χ3n) is 1.89. The van der Waals surface area contributed by atoms with Crippen LogP contribution in [-0.4, -0.2) is 17.6 Å². The second kappa shape index (κ2) is 6.05. The predicted octanol–water partition coefficient (Wildman–Crippen LogP) is 0.547. The number of thiocarbonyl (C=S) groups is 1. The van der Waals surface area contributed by atoms with E-state index >= 15 is 0 Å². The molecule has 17 heavy (non-hydrogen) atoms. The van der Waals surface area contributed by atoms with Gasteiger partial charge in [0.15, 0.2) is 11.7 Å². The van der Waals surface area contributed by atoms with Crippen molar-refractivity contribution in [2.75, 3.05) is 6.61 Å². The van der Waals surface area contributed by atoms with Crippen molar-refractivity contribution in [2.24, 2.45) is 5.73 Å². The molecule has 0 radical (unpaired) electrons. The van der Waals surface area contributed by atoms with Gasteiger partial charge < -0.3 is 10.5 Å². The van der Waals surface area contributed by atoms with Crippen molar-refractivity contribution >= 4 is 23.2 Å². The maximum Gasteiger partial charge on any atom is 0.276 e. The lowest BCUT2D eigenvalue weighted by molar-refractivity contribution is -0.123. The van der Waals surface area contributed by atoms with Crippen molar-refractivity contribution in [3.8, 4) is 5.75 Å². The standard InChI is InChI=1S/C11H15N3O2S/c1-7-3-8(2)5-9(4-7)16-6-10(15)13-14-11(12)17/h3-5H,6H2,1-2H3,(H,13,15)(H3,12,14,17). The van der Waals surface area contributed by atoms with E-state index in [9.17, 15) is 4.79 Å². The van der Waals surface area contributed by atoms with Crippen LogP contribution in [0.4, 0.5) is 0 Å². The van der Waals surface area contributed by atoms with E-state index in [-0.39, 0.29) is 17.6 Å². The van der Waals surface area contributed by atoms with Gasteiger partial charge in [-0.15, -0.1) is 0 Å². The Hall–Kier alpha value is -1.82. The highest BCUT2D eigenvalue weighted by molar-refractivity contribution is 7.80. The van der Waals surface area contributed by atoms with E-state index in [0.29, 0.717) is 5.75 Å². The fourth-order valence-corrected chi connectivity index (χ4v) is 1.38. The van der Waals surface area contributed by atoms with Crippen molar-refractivity contribution in [3.63, 3.8) is 0 Å². The van der Waals surface area contributed by atoms with Gasteiger partial charge in [-0.3, -0.25) is 15.6 Å². The number of carbonyl (C=O) groups is 1. The van der Waals surface area contributed by atoms with Crippen molar-refractivity contribution in [2.45, 2.75) is 13.8 Å². The summed E-state index contributed by atoms with van der Waals surface area (Å²) < 4.78 is 5.33. The van der Waals surface area contributed by atoms with Crippen molar-refractivity contribution in [1.29, 1.82) is 0 Å². The molecular weight excluding hydrogens is 238 g/mol. The van der Waals surface area contributed by atoms with Gasteiger partial charge in [0, 0.05) is 0 Å².